The molecule has 1 unspecified atom stereocenters. The van der Waals surface area contributed by atoms with E-state index in [0.717, 1.165) is 38.0 Å². The number of aliphatic hydroxyl groups is 1. The Balaban J connectivity index is 0.000000604. The van der Waals surface area contributed by atoms with Gasteiger partial charge in [0.1, 0.15) is 12.4 Å². The number of primary amides is 1. The Morgan fingerprint density at radius 3 is 2.22 bits per heavy atom. The first-order chi connectivity index (χ1) is 17.3. The standard InChI is InChI=1S/C21H24Cl3N3O3.C2HF3O2/c22-15-2-1-14(17(24)9-15)11-27-7-5-13(6-8-27)19(28)12-30-20-4-3-16(23)10-18(20)26-21(25)29;3-2(4,5)1(6)7/h1-4,9-10,13,19,28H,5-8,11-12H2,(H3,25,26,29);(H,6,7). The second-order valence-electron chi connectivity index (χ2n) is 8.16. The first-order valence-electron chi connectivity index (χ1n) is 10.9. The van der Waals surface area contributed by atoms with Gasteiger partial charge in [0.05, 0.1) is 11.8 Å². The molecule has 2 aromatic carbocycles. The van der Waals surface area contributed by atoms with Crippen LogP contribution in [-0.2, 0) is 11.3 Å². The number of carbonyl (C=O) groups excluding carboxylic acids is 1. The minimum absolute atomic E-state index is 0.114. The largest absolute Gasteiger partial charge is 0.490 e. The average Bonchev–Trinajstić information content (AvgIpc) is 2.80. The SMILES string of the molecule is NC(=O)Nc1cc(Cl)ccc1OCC(O)C1CCN(Cc2ccc(Cl)cc2Cl)CC1.O=C(O)C(F)(F)F. The maximum Gasteiger partial charge on any atom is 0.490 e. The predicted molar refractivity (Wildman–Crippen MR) is 134 cm³/mol. The number of carboxylic acid groups (broad SMARTS) is 1. The number of aliphatic hydroxyl groups excluding tert-OH is 1. The number of hydrogen-bond donors (Lipinski definition) is 4. The molecule has 1 heterocycles. The fourth-order valence-corrected chi connectivity index (χ4v) is 4.20. The molecule has 1 aliphatic heterocycles. The fraction of sp³-hybridized carbons (Fsp3) is 0.391. The molecule has 8 nitrogen and oxygen atoms in total. The number of aliphatic carboxylic acids is 1. The van der Waals surface area contributed by atoms with E-state index in [1.54, 1.807) is 24.3 Å². The van der Waals surface area contributed by atoms with Crippen molar-refractivity contribution in [2.24, 2.45) is 11.7 Å². The third-order valence-electron chi connectivity index (χ3n) is 5.44. The third-order valence-corrected chi connectivity index (χ3v) is 6.26. The smallest absolute Gasteiger partial charge is 0.489 e. The quantitative estimate of drug-likeness (QED) is 0.343. The van der Waals surface area contributed by atoms with Gasteiger partial charge in [-0.05, 0) is 67.7 Å². The summed E-state index contributed by atoms with van der Waals surface area (Å²) in [5.41, 5.74) is 6.60. The first kappa shape index (κ1) is 30.8. The Hall–Kier alpha value is -2.44. The van der Waals surface area contributed by atoms with Gasteiger partial charge in [-0.2, -0.15) is 13.2 Å². The van der Waals surface area contributed by atoms with Gasteiger partial charge in [-0.3, -0.25) is 4.90 Å². The Morgan fingerprint density at radius 2 is 1.68 bits per heavy atom. The number of nitrogens with one attached hydrogen (secondary N) is 1. The minimum atomic E-state index is -5.08. The molecule has 0 saturated carbocycles. The van der Waals surface area contributed by atoms with Crippen molar-refractivity contribution in [2.75, 3.05) is 25.0 Å². The van der Waals surface area contributed by atoms with Crippen molar-refractivity contribution < 1.29 is 37.7 Å². The maximum atomic E-state index is 11.2. The van der Waals surface area contributed by atoms with E-state index in [1.807, 2.05) is 12.1 Å². The van der Waals surface area contributed by atoms with E-state index in [9.17, 15) is 23.1 Å². The van der Waals surface area contributed by atoms with Crippen molar-refractivity contribution in [3.8, 4) is 5.75 Å². The number of hydrogen-bond acceptors (Lipinski definition) is 5. The van der Waals surface area contributed by atoms with Gasteiger partial charge < -0.3 is 26.0 Å². The molecule has 0 radical (unpaired) electrons. The highest BCUT2D eigenvalue weighted by molar-refractivity contribution is 6.35. The highest BCUT2D eigenvalue weighted by Gasteiger charge is 2.38. The molecule has 0 bridgehead atoms. The van der Waals surface area contributed by atoms with E-state index >= 15 is 0 Å². The molecule has 3 rings (SSSR count). The normalized spacial score (nSPS) is 15.3. The summed E-state index contributed by atoms with van der Waals surface area (Å²) in [6.45, 7) is 2.58. The summed E-state index contributed by atoms with van der Waals surface area (Å²) in [6.07, 6.45) is -4.01. The van der Waals surface area contributed by atoms with Crippen molar-refractivity contribution in [2.45, 2.75) is 31.7 Å². The zero-order valence-electron chi connectivity index (χ0n) is 19.3. The van der Waals surface area contributed by atoms with Crippen LogP contribution < -0.4 is 15.8 Å². The van der Waals surface area contributed by atoms with E-state index in [1.165, 1.54) is 0 Å². The summed E-state index contributed by atoms with van der Waals surface area (Å²) in [5, 5.41) is 21.9. The molecule has 5 N–H and O–H groups in total. The number of nitrogens with two attached hydrogens (primary N) is 1. The molecule has 0 aliphatic carbocycles. The number of nitrogens with zero attached hydrogens (tertiary/aromatic N) is 1. The number of benzene rings is 2. The molecule has 0 spiro atoms. The van der Waals surface area contributed by atoms with Crippen LogP contribution >= 0.6 is 34.8 Å². The molecule has 0 aromatic heterocycles. The first-order valence-corrected chi connectivity index (χ1v) is 12.0. The molecule has 37 heavy (non-hydrogen) atoms. The summed E-state index contributed by atoms with van der Waals surface area (Å²) in [6, 6.07) is 9.67. The van der Waals surface area contributed by atoms with Crippen LogP contribution in [0.2, 0.25) is 15.1 Å². The van der Waals surface area contributed by atoms with Crippen LogP contribution in [0.5, 0.6) is 5.75 Å². The van der Waals surface area contributed by atoms with E-state index in [0.29, 0.717) is 26.5 Å². The lowest BCUT2D eigenvalue weighted by Gasteiger charge is -2.34. The molecule has 14 heteroatoms. The van der Waals surface area contributed by atoms with Crippen LogP contribution in [0, 0.1) is 5.92 Å². The number of urea groups is 1. The van der Waals surface area contributed by atoms with Gasteiger partial charge in [0, 0.05) is 21.6 Å². The van der Waals surface area contributed by atoms with Crippen LogP contribution in [0.15, 0.2) is 36.4 Å². The van der Waals surface area contributed by atoms with Crippen molar-refractivity contribution >= 4 is 52.5 Å². The summed E-state index contributed by atoms with van der Waals surface area (Å²) >= 11 is 18.2. The maximum absolute atomic E-state index is 11.2. The van der Waals surface area contributed by atoms with Gasteiger partial charge in [0.25, 0.3) is 0 Å². The summed E-state index contributed by atoms with van der Waals surface area (Å²) in [4.78, 5) is 22.4. The van der Waals surface area contributed by atoms with Gasteiger partial charge in [-0.1, -0.05) is 40.9 Å². The van der Waals surface area contributed by atoms with E-state index in [-0.39, 0.29) is 12.5 Å². The zero-order chi connectivity index (χ0) is 27.8. The van der Waals surface area contributed by atoms with Crippen LogP contribution in [0.25, 0.3) is 0 Å². The number of ether oxygens (including phenoxy) is 1. The average molecular weight is 587 g/mol. The second kappa shape index (κ2) is 13.9. The topological polar surface area (TPSA) is 125 Å². The molecular formula is C23H25Cl3F3N3O5. The Kier molecular flexibility index (Phi) is 11.6. The van der Waals surface area contributed by atoms with Gasteiger partial charge in [-0.25, -0.2) is 9.59 Å². The number of alkyl halides is 3. The fourth-order valence-electron chi connectivity index (χ4n) is 3.56. The van der Waals surface area contributed by atoms with Crippen LogP contribution in [0.1, 0.15) is 18.4 Å². The van der Waals surface area contributed by atoms with Crippen LogP contribution in [0.3, 0.4) is 0 Å². The zero-order valence-corrected chi connectivity index (χ0v) is 21.5. The molecular weight excluding hydrogens is 562 g/mol. The number of rotatable bonds is 7. The number of amides is 2. The predicted octanol–water partition coefficient (Wildman–Crippen LogP) is 5.42. The highest BCUT2D eigenvalue weighted by Crippen LogP contribution is 2.30. The lowest BCUT2D eigenvalue weighted by Crippen LogP contribution is -2.39. The van der Waals surface area contributed by atoms with Crippen molar-refractivity contribution in [1.82, 2.24) is 4.90 Å². The Labute approximate surface area is 226 Å². The lowest BCUT2D eigenvalue weighted by molar-refractivity contribution is -0.192. The number of carboxylic acids is 1. The monoisotopic (exact) mass is 585 g/mol. The number of likely N-dealkylation sites (tertiary alicyclic amines) is 1. The Morgan fingerprint density at radius 1 is 1.11 bits per heavy atom. The number of anilines is 1. The Bertz CT molecular complexity index is 1080. The molecule has 1 fully saturated rings. The van der Waals surface area contributed by atoms with Crippen molar-refractivity contribution in [3.63, 3.8) is 0 Å². The minimum Gasteiger partial charge on any atom is -0.489 e. The van der Waals surface area contributed by atoms with Crippen molar-refractivity contribution in [3.05, 3.63) is 57.0 Å². The van der Waals surface area contributed by atoms with E-state index in [4.69, 9.17) is 55.2 Å². The van der Waals surface area contributed by atoms with E-state index < -0.39 is 24.3 Å². The number of halogens is 6. The van der Waals surface area contributed by atoms with Gasteiger partial charge in [-0.15, -0.1) is 0 Å². The summed E-state index contributed by atoms with van der Waals surface area (Å²) in [7, 11) is 0. The van der Waals surface area contributed by atoms with Crippen LogP contribution in [-0.4, -0.2) is 59.1 Å². The van der Waals surface area contributed by atoms with Gasteiger partial charge >= 0.3 is 18.2 Å². The lowest BCUT2D eigenvalue weighted by atomic mass is 9.91. The molecule has 1 aliphatic rings. The number of carbonyl (C=O) groups is 2. The van der Waals surface area contributed by atoms with Gasteiger partial charge in [0.15, 0.2) is 0 Å². The van der Waals surface area contributed by atoms with E-state index in [2.05, 4.69) is 10.2 Å². The van der Waals surface area contributed by atoms with Crippen molar-refractivity contribution in [1.29, 1.82) is 0 Å². The molecule has 2 amide bonds. The molecule has 1 saturated heterocycles. The van der Waals surface area contributed by atoms with Gasteiger partial charge in [0.2, 0.25) is 0 Å². The highest BCUT2D eigenvalue weighted by atomic mass is 35.5. The summed E-state index contributed by atoms with van der Waals surface area (Å²) in [5.74, 6) is -2.22. The molecule has 2 aromatic rings. The second-order valence-corrected chi connectivity index (χ2v) is 9.44. The summed E-state index contributed by atoms with van der Waals surface area (Å²) < 4.78 is 37.5. The third kappa shape index (κ3) is 10.4. The number of piperidine rings is 1. The molecule has 204 valence electrons. The molecule has 1 atom stereocenters. The van der Waals surface area contributed by atoms with Crippen LogP contribution in [0.4, 0.5) is 23.7 Å².